The van der Waals surface area contributed by atoms with Crippen molar-refractivity contribution in [2.75, 3.05) is 26.1 Å². The highest BCUT2D eigenvalue weighted by molar-refractivity contribution is 6.30. The summed E-state index contributed by atoms with van der Waals surface area (Å²) < 4.78 is 44.9. The smallest absolute Gasteiger partial charge is 0.416 e. The monoisotopic (exact) mass is 536 g/mol. The highest BCUT2D eigenvalue weighted by atomic mass is 35.5. The molecule has 0 fully saturated rings. The van der Waals surface area contributed by atoms with Crippen LogP contribution >= 0.6 is 11.6 Å². The summed E-state index contributed by atoms with van der Waals surface area (Å²) in [6, 6.07) is 8.95. The average molecular weight is 537 g/mol. The Hall–Kier alpha value is -3.73. The maximum Gasteiger partial charge on any atom is 0.416 e. The summed E-state index contributed by atoms with van der Waals surface area (Å²) in [5.41, 5.74) is 0.458. The molecule has 12 heteroatoms. The molecule has 1 aliphatic rings. The molecular weight excluding hydrogens is 513 g/mol. The number of amides is 1. The van der Waals surface area contributed by atoms with E-state index in [9.17, 15) is 22.8 Å². The Morgan fingerprint density at radius 3 is 2.49 bits per heavy atom. The molecule has 2 heterocycles. The lowest BCUT2D eigenvalue weighted by Crippen LogP contribution is -2.42. The number of benzene rings is 2. The van der Waals surface area contributed by atoms with Gasteiger partial charge in [0.25, 0.3) is 11.5 Å². The predicted molar refractivity (Wildman–Crippen MR) is 131 cm³/mol. The van der Waals surface area contributed by atoms with E-state index in [2.05, 4.69) is 10.3 Å². The number of carbonyl (C=O) groups is 1. The van der Waals surface area contributed by atoms with Crippen LogP contribution in [0, 0.1) is 0 Å². The normalized spacial score (nSPS) is 14.1. The maximum atomic E-state index is 13.3. The second-order valence-electron chi connectivity index (χ2n) is 8.45. The minimum absolute atomic E-state index is 0.0177. The van der Waals surface area contributed by atoms with Gasteiger partial charge in [-0.3, -0.25) is 9.59 Å². The molecule has 0 radical (unpaired) electrons. The van der Waals surface area contributed by atoms with E-state index in [1.165, 1.54) is 31.3 Å². The van der Waals surface area contributed by atoms with E-state index in [-0.39, 0.29) is 18.4 Å². The summed E-state index contributed by atoms with van der Waals surface area (Å²) in [4.78, 5) is 37.8. The zero-order valence-electron chi connectivity index (χ0n) is 20.2. The molecule has 0 saturated carbocycles. The Balaban J connectivity index is 1.58. The summed E-state index contributed by atoms with van der Waals surface area (Å²) in [7, 11) is 2.74. The molecule has 4 rings (SSSR count). The number of rotatable bonds is 6. The van der Waals surface area contributed by atoms with Crippen LogP contribution in [-0.2, 0) is 19.1 Å². The van der Waals surface area contributed by atoms with Crippen LogP contribution in [0.1, 0.15) is 45.7 Å². The van der Waals surface area contributed by atoms with Gasteiger partial charge in [0.1, 0.15) is 12.9 Å². The van der Waals surface area contributed by atoms with E-state index >= 15 is 0 Å². The summed E-state index contributed by atoms with van der Waals surface area (Å²) in [6.45, 7) is 2.06. The number of alkyl halides is 3. The SMILES string of the molecule is COc1cc(Cl)ccc1C(=O)N1CCc2nc(N[C@@H](C)c3ccc(C(F)(F)F)cc3)n(OC)c(=O)c2C1. The molecular formula is C25H24ClF3N4O4. The van der Waals surface area contributed by atoms with Crippen molar-refractivity contribution in [3.05, 3.63) is 85.8 Å². The van der Waals surface area contributed by atoms with Crippen LogP contribution in [0.3, 0.4) is 0 Å². The standard InChI is InChI=1S/C25H24ClF3N4O4/c1-14(15-4-6-16(7-5-15)25(27,28)29)30-24-31-20-10-11-32(13-19(20)23(35)33(24)37-3)22(34)18-9-8-17(26)12-21(18)36-2/h4-9,12,14H,10-11,13H2,1-3H3,(H,30,31)/t14-/m0/s1. The Morgan fingerprint density at radius 2 is 1.86 bits per heavy atom. The second kappa shape index (κ2) is 10.3. The van der Waals surface area contributed by atoms with Gasteiger partial charge in [-0.05, 0) is 42.8 Å². The number of aromatic nitrogens is 2. The van der Waals surface area contributed by atoms with E-state index in [0.29, 0.717) is 46.1 Å². The van der Waals surface area contributed by atoms with Crippen molar-refractivity contribution in [2.45, 2.75) is 32.1 Å². The van der Waals surface area contributed by atoms with Crippen LogP contribution in [0.25, 0.3) is 0 Å². The molecule has 1 amide bonds. The van der Waals surface area contributed by atoms with Gasteiger partial charge in [0.15, 0.2) is 0 Å². The van der Waals surface area contributed by atoms with Gasteiger partial charge in [0.05, 0.1) is 42.1 Å². The summed E-state index contributed by atoms with van der Waals surface area (Å²) in [5, 5.41) is 3.47. The van der Waals surface area contributed by atoms with Crippen LogP contribution in [-0.4, -0.2) is 41.3 Å². The van der Waals surface area contributed by atoms with Crippen LogP contribution in [0.2, 0.25) is 5.02 Å². The lowest BCUT2D eigenvalue weighted by atomic mass is 10.0. The predicted octanol–water partition coefficient (Wildman–Crippen LogP) is 4.35. The zero-order chi connectivity index (χ0) is 26.9. The van der Waals surface area contributed by atoms with Crippen molar-refractivity contribution in [1.82, 2.24) is 14.6 Å². The fourth-order valence-electron chi connectivity index (χ4n) is 4.14. The number of fused-ring (bicyclic) bond motifs is 1. The quantitative estimate of drug-likeness (QED) is 0.504. The van der Waals surface area contributed by atoms with Crippen LogP contribution in [0.15, 0.2) is 47.3 Å². The first-order chi connectivity index (χ1) is 17.5. The number of carbonyl (C=O) groups excluding carboxylic acids is 1. The highest BCUT2D eigenvalue weighted by Gasteiger charge is 2.31. The third-order valence-electron chi connectivity index (χ3n) is 6.14. The average Bonchev–Trinajstić information content (AvgIpc) is 2.87. The summed E-state index contributed by atoms with van der Waals surface area (Å²) in [6.07, 6.45) is -4.11. The van der Waals surface area contributed by atoms with Crippen molar-refractivity contribution in [1.29, 1.82) is 0 Å². The van der Waals surface area contributed by atoms with Gasteiger partial charge in [-0.1, -0.05) is 23.7 Å². The van der Waals surface area contributed by atoms with Gasteiger partial charge >= 0.3 is 6.18 Å². The number of nitrogens with zero attached hydrogens (tertiary/aromatic N) is 3. The molecule has 37 heavy (non-hydrogen) atoms. The van der Waals surface area contributed by atoms with Gasteiger partial charge in [-0.15, -0.1) is 4.73 Å². The van der Waals surface area contributed by atoms with Gasteiger partial charge in [-0.25, -0.2) is 4.98 Å². The minimum atomic E-state index is -4.43. The molecule has 1 aliphatic heterocycles. The fraction of sp³-hybridized carbons (Fsp3) is 0.320. The van der Waals surface area contributed by atoms with Crippen molar-refractivity contribution < 1.29 is 27.5 Å². The first kappa shape index (κ1) is 26.3. The van der Waals surface area contributed by atoms with E-state index in [1.54, 1.807) is 25.1 Å². The first-order valence-electron chi connectivity index (χ1n) is 11.3. The summed E-state index contributed by atoms with van der Waals surface area (Å²) in [5.74, 6) is 0.117. The van der Waals surface area contributed by atoms with Crippen LogP contribution in [0.5, 0.6) is 5.75 Å². The number of nitrogens with one attached hydrogen (secondary N) is 1. The molecule has 2 aromatic carbocycles. The number of hydrogen-bond acceptors (Lipinski definition) is 6. The molecule has 8 nitrogen and oxygen atoms in total. The zero-order valence-corrected chi connectivity index (χ0v) is 21.0. The van der Waals surface area contributed by atoms with Crippen molar-refractivity contribution >= 4 is 23.5 Å². The van der Waals surface area contributed by atoms with Gasteiger partial charge in [0, 0.05) is 18.0 Å². The molecule has 1 atom stereocenters. The van der Waals surface area contributed by atoms with E-state index in [0.717, 1.165) is 16.9 Å². The highest BCUT2D eigenvalue weighted by Crippen LogP contribution is 2.31. The molecule has 0 spiro atoms. The van der Waals surface area contributed by atoms with Crippen molar-refractivity contribution in [3.8, 4) is 5.75 Å². The molecule has 3 aromatic rings. The van der Waals surface area contributed by atoms with E-state index in [1.807, 2.05) is 0 Å². The van der Waals surface area contributed by atoms with Gasteiger partial charge in [0.2, 0.25) is 5.95 Å². The lowest BCUT2D eigenvalue weighted by molar-refractivity contribution is -0.137. The second-order valence-corrected chi connectivity index (χ2v) is 8.89. The third kappa shape index (κ3) is 5.36. The number of anilines is 1. The van der Waals surface area contributed by atoms with Gasteiger partial charge in [-0.2, -0.15) is 13.2 Å². The van der Waals surface area contributed by atoms with E-state index in [4.69, 9.17) is 21.2 Å². The molecule has 0 aliphatic carbocycles. The third-order valence-corrected chi connectivity index (χ3v) is 6.37. The number of hydrogen-bond donors (Lipinski definition) is 1. The number of methoxy groups -OCH3 is 1. The largest absolute Gasteiger partial charge is 0.496 e. The molecule has 1 aromatic heterocycles. The Bertz CT molecular complexity index is 1380. The van der Waals surface area contributed by atoms with Crippen molar-refractivity contribution in [3.63, 3.8) is 0 Å². The van der Waals surface area contributed by atoms with Gasteiger partial charge < -0.3 is 19.8 Å². The molecule has 196 valence electrons. The summed E-state index contributed by atoms with van der Waals surface area (Å²) >= 11 is 6.00. The van der Waals surface area contributed by atoms with Crippen LogP contribution in [0.4, 0.5) is 19.1 Å². The minimum Gasteiger partial charge on any atom is -0.496 e. The lowest BCUT2D eigenvalue weighted by Gasteiger charge is -2.29. The Labute approximate surface area is 215 Å². The molecule has 0 saturated heterocycles. The first-order valence-corrected chi connectivity index (χ1v) is 11.7. The Kier molecular flexibility index (Phi) is 7.35. The van der Waals surface area contributed by atoms with E-state index < -0.39 is 23.3 Å². The Morgan fingerprint density at radius 1 is 1.16 bits per heavy atom. The number of ether oxygens (including phenoxy) is 1. The van der Waals surface area contributed by atoms with Crippen molar-refractivity contribution in [2.24, 2.45) is 0 Å². The topological polar surface area (TPSA) is 85.7 Å². The number of halogens is 4. The fourth-order valence-corrected chi connectivity index (χ4v) is 4.30. The molecule has 0 bridgehead atoms. The molecule has 1 N–H and O–H groups in total. The maximum absolute atomic E-state index is 13.3. The van der Waals surface area contributed by atoms with Crippen LogP contribution < -0.4 is 20.5 Å². The molecule has 0 unspecified atom stereocenters.